The monoisotopic (exact) mass is 487 g/mol. The minimum atomic E-state index is 0.384. The van der Waals surface area contributed by atoms with E-state index in [1.165, 1.54) is 5.56 Å². The van der Waals surface area contributed by atoms with Gasteiger partial charge in [0.05, 0.1) is 18.3 Å². The van der Waals surface area contributed by atoms with Crippen LogP contribution in [0.1, 0.15) is 18.1 Å². The van der Waals surface area contributed by atoms with E-state index in [4.69, 9.17) is 15.1 Å². The number of pyridine rings is 3. The summed E-state index contributed by atoms with van der Waals surface area (Å²) in [7, 11) is 1.62. The lowest BCUT2D eigenvalue weighted by molar-refractivity contribution is 0.397. The number of nitrogens with zero attached hydrogens (tertiary/aromatic N) is 3. The van der Waals surface area contributed by atoms with E-state index in [2.05, 4.69) is 59.3 Å². The Morgan fingerprint density at radius 3 is 2.35 bits per heavy atom. The third-order valence-electron chi connectivity index (χ3n) is 6.32. The summed E-state index contributed by atoms with van der Waals surface area (Å²) in [5.41, 5.74) is 8.25. The second kappa shape index (κ2) is 10.6. The molecule has 5 rings (SSSR count). The molecule has 6 heteroatoms. The number of rotatable bonds is 8. The van der Waals surface area contributed by atoms with Crippen LogP contribution in [0, 0.1) is 5.41 Å². The third-order valence-corrected chi connectivity index (χ3v) is 6.32. The highest BCUT2D eigenvalue weighted by Gasteiger charge is 2.13. The zero-order chi connectivity index (χ0) is 25.8. The quantitative estimate of drug-likeness (QED) is 0.280. The zero-order valence-corrected chi connectivity index (χ0v) is 21.0. The van der Waals surface area contributed by atoms with Gasteiger partial charge in [-0.25, -0.2) is 9.97 Å². The summed E-state index contributed by atoms with van der Waals surface area (Å²) in [6, 6.07) is 26.6. The van der Waals surface area contributed by atoms with Gasteiger partial charge in [0, 0.05) is 53.8 Å². The molecule has 0 aliphatic heterocycles. The Bertz CT molecular complexity index is 1600. The van der Waals surface area contributed by atoms with Crippen molar-refractivity contribution < 1.29 is 4.74 Å². The van der Waals surface area contributed by atoms with Gasteiger partial charge in [0.15, 0.2) is 0 Å². The Kier molecular flexibility index (Phi) is 6.92. The van der Waals surface area contributed by atoms with Crippen LogP contribution in [0.3, 0.4) is 0 Å². The molecule has 2 N–H and O–H groups in total. The Morgan fingerprint density at radius 2 is 1.68 bits per heavy atom. The number of nitrogens with one attached hydrogen (secondary N) is 2. The molecule has 0 radical (unpaired) electrons. The Labute approximate surface area is 216 Å². The van der Waals surface area contributed by atoms with Gasteiger partial charge in [-0.05, 0) is 35.7 Å². The fourth-order valence-electron chi connectivity index (χ4n) is 4.34. The molecule has 0 atom stereocenters. The summed E-state index contributed by atoms with van der Waals surface area (Å²) in [5, 5.41) is 13.0. The molecular formula is C31H29N5O. The maximum atomic E-state index is 8.72. The standard InChI is InChI=1S/C31H29N5O/c1-21(2)36-16-15-28-27(31(36)32)17-26(24-7-5-4-6-8-24)30(35-28)25-12-9-22(10-13-25)18-33-19-23-11-14-29(37-3)34-20-23/h4-17,20,32-33H,1,18-19H2,2-3H3. The van der Waals surface area contributed by atoms with Gasteiger partial charge in [0.25, 0.3) is 0 Å². The van der Waals surface area contributed by atoms with Crippen molar-refractivity contribution in [3.8, 4) is 28.3 Å². The highest BCUT2D eigenvalue weighted by Crippen LogP contribution is 2.33. The summed E-state index contributed by atoms with van der Waals surface area (Å²) >= 11 is 0. The highest BCUT2D eigenvalue weighted by molar-refractivity contribution is 5.91. The summed E-state index contributed by atoms with van der Waals surface area (Å²) in [6.45, 7) is 7.37. The molecule has 184 valence electrons. The van der Waals surface area contributed by atoms with Crippen LogP contribution in [0.15, 0.2) is 97.8 Å². The van der Waals surface area contributed by atoms with Crippen LogP contribution >= 0.6 is 0 Å². The molecular weight excluding hydrogens is 458 g/mol. The number of aromatic nitrogens is 3. The second-order valence-corrected chi connectivity index (χ2v) is 8.96. The van der Waals surface area contributed by atoms with Crippen LogP contribution < -0.4 is 15.5 Å². The highest BCUT2D eigenvalue weighted by atomic mass is 16.5. The molecule has 0 aliphatic rings. The first-order chi connectivity index (χ1) is 18.0. The van der Waals surface area contributed by atoms with Crippen molar-refractivity contribution >= 4 is 16.6 Å². The number of methoxy groups -OCH3 is 1. The van der Waals surface area contributed by atoms with Crippen molar-refractivity contribution in [2.24, 2.45) is 0 Å². The van der Waals surface area contributed by atoms with Crippen LogP contribution in [0.5, 0.6) is 5.88 Å². The zero-order valence-electron chi connectivity index (χ0n) is 21.0. The smallest absolute Gasteiger partial charge is 0.212 e. The number of benzene rings is 2. The van der Waals surface area contributed by atoms with Gasteiger partial charge < -0.3 is 14.6 Å². The van der Waals surface area contributed by atoms with Gasteiger partial charge >= 0.3 is 0 Å². The first kappa shape index (κ1) is 24.2. The number of hydrogen-bond acceptors (Lipinski definition) is 5. The molecule has 2 aromatic carbocycles. The summed E-state index contributed by atoms with van der Waals surface area (Å²) in [4.78, 5) is 9.29. The molecule has 5 aromatic rings. The van der Waals surface area contributed by atoms with Crippen LogP contribution in [0.2, 0.25) is 0 Å². The van der Waals surface area contributed by atoms with Crippen LogP contribution in [0.25, 0.3) is 39.0 Å². The predicted molar refractivity (Wildman–Crippen MR) is 149 cm³/mol. The largest absolute Gasteiger partial charge is 0.481 e. The maximum Gasteiger partial charge on any atom is 0.212 e. The lowest BCUT2D eigenvalue weighted by atomic mass is 9.97. The molecule has 3 aromatic heterocycles. The van der Waals surface area contributed by atoms with Crippen molar-refractivity contribution in [3.05, 3.63) is 114 Å². The molecule has 0 saturated heterocycles. The van der Waals surface area contributed by atoms with Crippen molar-refractivity contribution in [2.75, 3.05) is 7.11 Å². The van der Waals surface area contributed by atoms with Gasteiger partial charge in [-0.15, -0.1) is 0 Å². The predicted octanol–water partition coefficient (Wildman–Crippen LogP) is 6.03. The molecule has 6 nitrogen and oxygen atoms in total. The molecule has 3 heterocycles. The summed E-state index contributed by atoms with van der Waals surface area (Å²) in [5.74, 6) is 0.616. The Hall–Kier alpha value is -4.55. The van der Waals surface area contributed by atoms with Crippen molar-refractivity contribution in [3.63, 3.8) is 0 Å². The first-order valence-electron chi connectivity index (χ1n) is 12.1. The van der Waals surface area contributed by atoms with E-state index in [9.17, 15) is 0 Å². The number of fused-ring (bicyclic) bond motifs is 1. The number of allylic oxidation sites excluding steroid dienone is 1. The normalized spacial score (nSPS) is 11.0. The SMILES string of the molecule is C=C(C)n1ccc2nc(-c3ccc(CNCc4ccc(OC)nc4)cc3)c(-c3ccccc3)cc2c1=N. The molecule has 0 bridgehead atoms. The van der Waals surface area contributed by atoms with Gasteiger partial charge in [-0.2, -0.15) is 0 Å². The van der Waals surface area contributed by atoms with Gasteiger partial charge in [0.1, 0.15) is 5.49 Å². The molecule has 0 saturated carbocycles. The number of hydrogen-bond donors (Lipinski definition) is 2. The molecule has 0 amide bonds. The number of ether oxygens (including phenoxy) is 1. The fraction of sp³-hybridized carbons (Fsp3) is 0.129. The van der Waals surface area contributed by atoms with Crippen molar-refractivity contribution in [2.45, 2.75) is 20.0 Å². The van der Waals surface area contributed by atoms with Crippen LogP contribution in [-0.4, -0.2) is 21.6 Å². The van der Waals surface area contributed by atoms with Crippen molar-refractivity contribution in [1.29, 1.82) is 5.41 Å². The van der Waals surface area contributed by atoms with E-state index in [1.54, 1.807) is 11.7 Å². The van der Waals surface area contributed by atoms with E-state index in [-0.39, 0.29) is 0 Å². The lowest BCUT2D eigenvalue weighted by Gasteiger charge is -2.14. The fourth-order valence-corrected chi connectivity index (χ4v) is 4.34. The van der Waals surface area contributed by atoms with Gasteiger partial charge in [0.2, 0.25) is 5.88 Å². The summed E-state index contributed by atoms with van der Waals surface area (Å²) < 4.78 is 6.90. The molecule has 0 fully saturated rings. The van der Waals surface area contributed by atoms with E-state index < -0.39 is 0 Å². The van der Waals surface area contributed by atoms with Gasteiger partial charge in [-0.3, -0.25) is 5.41 Å². The Balaban J connectivity index is 1.44. The van der Waals surface area contributed by atoms with E-state index in [0.29, 0.717) is 11.4 Å². The van der Waals surface area contributed by atoms with Crippen LogP contribution in [-0.2, 0) is 13.1 Å². The maximum absolute atomic E-state index is 8.72. The van der Waals surface area contributed by atoms with E-state index >= 15 is 0 Å². The topological polar surface area (TPSA) is 75.8 Å². The lowest BCUT2D eigenvalue weighted by Crippen LogP contribution is -2.18. The molecule has 0 spiro atoms. The minimum Gasteiger partial charge on any atom is -0.481 e. The molecule has 37 heavy (non-hydrogen) atoms. The average Bonchev–Trinajstić information content (AvgIpc) is 2.94. The second-order valence-electron chi connectivity index (χ2n) is 8.96. The first-order valence-corrected chi connectivity index (χ1v) is 12.1. The van der Waals surface area contributed by atoms with Crippen molar-refractivity contribution in [1.82, 2.24) is 19.9 Å². The van der Waals surface area contributed by atoms with Gasteiger partial charge in [-0.1, -0.05) is 67.2 Å². The average molecular weight is 488 g/mol. The summed E-state index contributed by atoms with van der Waals surface area (Å²) in [6.07, 6.45) is 3.69. The molecule has 0 unspecified atom stereocenters. The Morgan fingerprint density at radius 1 is 0.946 bits per heavy atom. The third kappa shape index (κ3) is 5.20. The minimum absolute atomic E-state index is 0.384. The van der Waals surface area contributed by atoms with E-state index in [1.807, 2.05) is 55.7 Å². The van der Waals surface area contributed by atoms with Crippen LogP contribution in [0.4, 0.5) is 0 Å². The van der Waals surface area contributed by atoms with E-state index in [0.717, 1.165) is 57.6 Å². The molecule has 0 aliphatic carbocycles.